The van der Waals surface area contributed by atoms with Gasteiger partial charge in [0, 0.05) is 13.3 Å². The van der Waals surface area contributed by atoms with Gasteiger partial charge in [-0.2, -0.15) is 4.98 Å². The maximum Gasteiger partial charge on any atom is 0.223 e. The monoisotopic (exact) mass is 198 g/mol. The molecule has 14 heavy (non-hydrogen) atoms. The third-order valence-electron chi connectivity index (χ3n) is 1.63. The molecule has 0 aliphatic rings. The van der Waals surface area contributed by atoms with Crippen molar-refractivity contribution < 1.29 is 9.32 Å². The van der Waals surface area contributed by atoms with Gasteiger partial charge in [0.25, 0.3) is 0 Å². The lowest BCUT2D eigenvalue weighted by Gasteiger charge is -1.98. The lowest BCUT2D eigenvalue weighted by Crippen LogP contribution is -2.18. The molecule has 0 saturated carbocycles. The highest BCUT2D eigenvalue weighted by atomic mass is 16.5. The van der Waals surface area contributed by atoms with Crippen LogP contribution in [0.4, 0.5) is 0 Å². The van der Waals surface area contributed by atoms with Gasteiger partial charge in [-0.25, -0.2) is 0 Å². The second-order valence-electron chi connectivity index (χ2n) is 2.98. The lowest BCUT2D eigenvalue weighted by atomic mass is 10.3. The molecular formula is C8H14N4O2. The molecule has 0 saturated heterocycles. The molecule has 0 aromatic carbocycles. The van der Waals surface area contributed by atoms with Gasteiger partial charge in [0.15, 0.2) is 5.82 Å². The minimum atomic E-state index is -0.276. The van der Waals surface area contributed by atoms with Gasteiger partial charge in [-0.05, 0) is 13.0 Å². The van der Waals surface area contributed by atoms with E-state index in [9.17, 15) is 4.79 Å². The van der Waals surface area contributed by atoms with E-state index in [0.717, 1.165) is 13.0 Å². The molecule has 6 nitrogen and oxygen atoms in total. The first-order valence-electron chi connectivity index (χ1n) is 4.46. The number of aryl methyl sites for hydroxylation is 1. The van der Waals surface area contributed by atoms with Crippen molar-refractivity contribution in [2.45, 2.75) is 26.3 Å². The molecule has 1 aromatic heterocycles. The number of carbonyl (C=O) groups excluding carboxylic acids is 1. The fourth-order valence-corrected chi connectivity index (χ4v) is 1.00. The van der Waals surface area contributed by atoms with Crippen LogP contribution in [-0.4, -0.2) is 22.6 Å². The van der Waals surface area contributed by atoms with Gasteiger partial charge in [0.2, 0.25) is 11.8 Å². The number of nitrogens with zero attached hydrogens (tertiary/aromatic N) is 2. The molecular weight excluding hydrogens is 184 g/mol. The van der Waals surface area contributed by atoms with E-state index < -0.39 is 0 Å². The Morgan fingerprint density at radius 2 is 2.43 bits per heavy atom. The lowest BCUT2D eigenvalue weighted by molar-refractivity contribution is -0.118. The molecule has 78 valence electrons. The first-order valence-corrected chi connectivity index (χ1v) is 4.46. The molecule has 0 radical (unpaired) electrons. The van der Waals surface area contributed by atoms with E-state index in [1.165, 1.54) is 0 Å². The van der Waals surface area contributed by atoms with Crippen LogP contribution < -0.4 is 11.1 Å². The first-order chi connectivity index (χ1) is 6.68. The van der Waals surface area contributed by atoms with E-state index in [1.807, 2.05) is 0 Å². The minimum Gasteiger partial charge on any atom is -0.370 e. The van der Waals surface area contributed by atoms with Gasteiger partial charge in [0.1, 0.15) is 0 Å². The molecule has 6 heteroatoms. The number of primary amides is 1. The summed E-state index contributed by atoms with van der Waals surface area (Å²) < 4.78 is 4.78. The van der Waals surface area contributed by atoms with E-state index in [4.69, 9.17) is 10.3 Å². The van der Waals surface area contributed by atoms with Gasteiger partial charge in [0.05, 0.1) is 6.54 Å². The van der Waals surface area contributed by atoms with E-state index in [0.29, 0.717) is 24.7 Å². The summed E-state index contributed by atoms with van der Waals surface area (Å²) in [5.74, 6) is 0.905. The van der Waals surface area contributed by atoms with Crippen molar-refractivity contribution in [3.8, 4) is 0 Å². The summed E-state index contributed by atoms with van der Waals surface area (Å²) in [6.07, 6.45) is 1.13. The van der Waals surface area contributed by atoms with Crippen molar-refractivity contribution in [1.82, 2.24) is 15.5 Å². The topological polar surface area (TPSA) is 94.0 Å². The average Bonchev–Trinajstić information content (AvgIpc) is 2.50. The van der Waals surface area contributed by atoms with Crippen LogP contribution in [0.25, 0.3) is 0 Å². The van der Waals surface area contributed by atoms with Gasteiger partial charge in [-0.1, -0.05) is 5.16 Å². The maximum absolute atomic E-state index is 10.4. The molecule has 0 aliphatic carbocycles. The highest BCUT2D eigenvalue weighted by Crippen LogP contribution is 1.94. The molecule has 0 unspecified atom stereocenters. The fourth-order valence-electron chi connectivity index (χ4n) is 1.00. The van der Waals surface area contributed by atoms with E-state index >= 15 is 0 Å². The molecule has 3 N–H and O–H groups in total. The number of amides is 1. The predicted octanol–water partition coefficient (Wildman–Crippen LogP) is -0.267. The Morgan fingerprint density at radius 3 is 3.00 bits per heavy atom. The second-order valence-corrected chi connectivity index (χ2v) is 2.98. The first kappa shape index (κ1) is 10.6. The Hall–Kier alpha value is -1.43. The van der Waals surface area contributed by atoms with Crippen LogP contribution in [0.3, 0.4) is 0 Å². The van der Waals surface area contributed by atoms with Crippen LogP contribution >= 0.6 is 0 Å². The second kappa shape index (κ2) is 5.33. The van der Waals surface area contributed by atoms with Crippen molar-refractivity contribution in [2.75, 3.05) is 6.54 Å². The van der Waals surface area contributed by atoms with Crippen molar-refractivity contribution in [3.05, 3.63) is 11.7 Å². The zero-order chi connectivity index (χ0) is 10.4. The van der Waals surface area contributed by atoms with Crippen molar-refractivity contribution in [2.24, 2.45) is 5.73 Å². The highest BCUT2D eigenvalue weighted by molar-refractivity contribution is 5.73. The van der Waals surface area contributed by atoms with Crippen LogP contribution in [0, 0.1) is 6.92 Å². The Balaban J connectivity index is 2.07. The largest absolute Gasteiger partial charge is 0.370 e. The van der Waals surface area contributed by atoms with E-state index in [2.05, 4.69) is 15.5 Å². The smallest absolute Gasteiger partial charge is 0.223 e. The zero-order valence-electron chi connectivity index (χ0n) is 8.12. The van der Waals surface area contributed by atoms with Crippen LogP contribution in [0.1, 0.15) is 24.6 Å². The summed E-state index contributed by atoms with van der Waals surface area (Å²) in [7, 11) is 0. The van der Waals surface area contributed by atoms with Crippen molar-refractivity contribution in [1.29, 1.82) is 0 Å². The molecule has 1 aromatic rings. The Morgan fingerprint density at radius 1 is 1.64 bits per heavy atom. The number of hydrogen-bond acceptors (Lipinski definition) is 5. The summed E-state index contributed by atoms with van der Waals surface area (Å²) in [5.41, 5.74) is 4.98. The molecule has 0 spiro atoms. The summed E-state index contributed by atoms with van der Waals surface area (Å²) >= 11 is 0. The summed E-state index contributed by atoms with van der Waals surface area (Å²) in [6, 6.07) is 0. The number of nitrogens with one attached hydrogen (secondary N) is 1. The zero-order valence-corrected chi connectivity index (χ0v) is 8.12. The van der Waals surface area contributed by atoms with Gasteiger partial charge in [-0.3, -0.25) is 4.79 Å². The van der Waals surface area contributed by atoms with Crippen LogP contribution in [0.5, 0.6) is 0 Å². The third kappa shape index (κ3) is 3.99. The normalized spacial score (nSPS) is 10.4. The number of aromatic nitrogens is 2. The molecule has 0 fully saturated rings. The van der Waals surface area contributed by atoms with E-state index in [1.54, 1.807) is 6.92 Å². The number of hydrogen-bond donors (Lipinski definition) is 2. The standard InChI is InChI=1S/C8H14N4O2/c1-6-11-8(12-14-6)5-10-4-2-3-7(9)13/h10H,2-5H2,1H3,(H2,9,13). The Bertz CT molecular complexity index is 297. The molecule has 0 aliphatic heterocycles. The Labute approximate surface area is 81.9 Å². The molecule has 1 rings (SSSR count). The van der Waals surface area contributed by atoms with Crippen molar-refractivity contribution in [3.63, 3.8) is 0 Å². The highest BCUT2D eigenvalue weighted by Gasteiger charge is 2.00. The predicted molar refractivity (Wildman–Crippen MR) is 49.2 cm³/mol. The summed E-state index contributed by atoms with van der Waals surface area (Å²) in [4.78, 5) is 14.4. The number of carbonyl (C=O) groups is 1. The quantitative estimate of drug-likeness (QED) is 0.614. The Kier molecular flexibility index (Phi) is 4.06. The fraction of sp³-hybridized carbons (Fsp3) is 0.625. The average molecular weight is 198 g/mol. The minimum absolute atomic E-state index is 0.276. The van der Waals surface area contributed by atoms with Crippen LogP contribution in [-0.2, 0) is 11.3 Å². The van der Waals surface area contributed by atoms with Crippen LogP contribution in [0.2, 0.25) is 0 Å². The molecule has 1 amide bonds. The van der Waals surface area contributed by atoms with E-state index in [-0.39, 0.29) is 5.91 Å². The molecule has 0 bridgehead atoms. The van der Waals surface area contributed by atoms with Gasteiger partial charge >= 0.3 is 0 Å². The van der Waals surface area contributed by atoms with Crippen molar-refractivity contribution >= 4 is 5.91 Å². The SMILES string of the molecule is Cc1nc(CNCCCC(N)=O)no1. The maximum atomic E-state index is 10.4. The van der Waals surface area contributed by atoms with Gasteiger partial charge in [-0.15, -0.1) is 0 Å². The number of rotatable bonds is 6. The third-order valence-corrected chi connectivity index (χ3v) is 1.63. The number of nitrogens with two attached hydrogens (primary N) is 1. The van der Waals surface area contributed by atoms with Gasteiger partial charge < -0.3 is 15.6 Å². The molecule has 0 atom stereocenters. The summed E-state index contributed by atoms with van der Waals surface area (Å²) in [6.45, 7) is 3.01. The summed E-state index contributed by atoms with van der Waals surface area (Å²) in [5, 5.41) is 6.79. The van der Waals surface area contributed by atoms with Crippen LogP contribution in [0.15, 0.2) is 4.52 Å². The molecule has 1 heterocycles.